The molecule has 0 bridgehead atoms. The molecule has 3 aliphatic rings. The van der Waals surface area contributed by atoms with Crippen LogP contribution in [0.1, 0.15) is 68.9 Å². The van der Waals surface area contributed by atoms with Crippen LogP contribution in [0.3, 0.4) is 0 Å². The van der Waals surface area contributed by atoms with Crippen molar-refractivity contribution < 1.29 is 24.2 Å². The van der Waals surface area contributed by atoms with Gasteiger partial charge in [-0.1, -0.05) is 25.5 Å². The maximum atomic E-state index is 13.7. The Balaban J connectivity index is 1.53. The molecule has 2 amide bonds. The quantitative estimate of drug-likeness (QED) is 0.332. The molecule has 0 aliphatic carbocycles. The molecule has 40 heavy (non-hydrogen) atoms. The van der Waals surface area contributed by atoms with E-state index in [1.807, 2.05) is 21.9 Å². The summed E-state index contributed by atoms with van der Waals surface area (Å²) in [6, 6.07) is 5.75. The molecule has 3 atom stereocenters. The number of carbonyl (C=O) groups excluding carboxylic acids is 2. The molecule has 2 fully saturated rings. The monoisotopic (exact) mass is 556 g/mol. The molecule has 222 valence electrons. The number of amides is 2. The number of hydrogen-bond donors (Lipinski definition) is 1. The van der Waals surface area contributed by atoms with Crippen LogP contribution in [0.25, 0.3) is 0 Å². The Morgan fingerprint density at radius 2 is 1.88 bits per heavy atom. The normalized spacial score (nSPS) is 22.6. The molecule has 0 unspecified atom stereocenters. The van der Waals surface area contributed by atoms with Crippen LogP contribution in [0.15, 0.2) is 18.2 Å². The number of unbranched alkanes of at least 4 members (excludes halogenated alkanes) is 2. The van der Waals surface area contributed by atoms with Crippen molar-refractivity contribution in [2.24, 2.45) is 5.92 Å². The average molecular weight is 557 g/mol. The van der Waals surface area contributed by atoms with Gasteiger partial charge in [-0.05, 0) is 69.9 Å². The molecule has 0 spiro atoms. The van der Waals surface area contributed by atoms with Crippen LogP contribution >= 0.6 is 0 Å². The van der Waals surface area contributed by atoms with Crippen LogP contribution < -0.4 is 4.74 Å². The molecule has 0 radical (unpaired) electrons. The second-order valence-corrected chi connectivity index (χ2v) is 12.0. The summed E-state index contributed by atoms with van der Waals surface area (Å²) in [6.07, 6.45) is 6.76. The molecule has 2 saturated heterocycles. The minimum absolute atomic E-state index is 0.0766. The number of carboxylic acid groups (broad SMARTS) is 1. The van der Waals surface area contributed by atoms with Crippen molar-refractivity contribution in [3.05, 3.63) is 29.3 Å². The number of benzene rings is 1. The lowest BCUT2D eigenvalue weighted by Gasteiger charge is -2.31. The zero-order valence-electron chi connectivity index (χ0n) is 24.6. The highest BCUT2D eigenvalue weighted by molar-refractivity contribution is 5.79. The molecule has 1 N–H and O–H groups in total. The molecule has 9 heteroatoms. The third-order valence-electron chi connectivity index (χ3n) is 8.80. The van der Waals surface area contributed by atoms with E-state index in [0.717, 1.165) is 81.6 Å². The predicted octanol–water partition coefficient (Wildman–Crippen LogP) is 3.07. The molecule has 9 nitrogen and oxygen atoms in total. The molecular formula is C31H48N4O5. The lowest BCUT2D eigenvalue weighted by atomic mass is 9.83. The summed E-state index contributed by atoms with van der Waals surface area (Å²) in [6.45, 7) is 7.23. The van der Waals surface area contributed by atoms with Crippen LogP contribution in [0, 0.1) is 5.92 Å². The summed E-state index contributed by atoms with van der Waals surface area (Å²) in [7, 11) is 4.12. The van der Waals surface area contributed by atoms with Gasteiger partial charge in [-0.3, -0.25) is 19.3 Å². The summed E-state index contributed by atoms with van der Waals surface area (Å²) < 4.78 is 5.69. The van der Waals surface area contributed by atoms with E-state index in [9.17, 15) is 19.5 Å². The summed E-state index contributed by atoms with van der Waals surface area (Å²) >= 11 is 0. The number of aliphatic carboxylic acids is 1. The minimum atomic E-state index is -0.832. The Kier molecular flexibility index (Phi) is 10.8. The first-order valence-corrected chi connectivity index (χ1v) is 15.2. The lowest BCUT2D eigenvalue weighted by Crippen LogP contribution is -2.45. The van der Waals surface area contributed by atoms with Gasteiger partial charge in [0, 0.05) is 57.5 Å². The maximum Gasteiger partial charge on any atom is 0.308 e. The van der Waals surface area contributed by atoms with Crippen molar-refractivity contribution in [2.75, 3.05) is 66.5 Å². The topological polar surface area (TPSA) is 93.6 Å². The zero-order chi connectivity index (χ0) is 28.6. The summed E-state index contributed by atoms with van der Waals surface area (Å²) in [5.74, 6) is -0.597. The summed E-state index contributed by atoms with van der Waals surface area (Å²) in [5, 5.41) is 10.5. The molecule has 0 aromatic heterocycles. The fourth-order valence-electron chi connectivity index (χ4n) is 6.57. The highest BCUT2D eigenvalue weighted by Gasteiger charge is 2.47. The fourth-order valence-corrected chi connectivity index (χ4v) is 6.57. The van der Waals surface area contributed by atoms with Crippen molar-refractivity contribution in [2.45, 2.75) is 70.3 Å². The van der Waals surface area contributed by atoms with Crippen LogP contribution in [0.4, 0.5) is 0 Å². The largest absolute Gasteiger partial charge is 0.493 e. The first kappa shape index (κ1) is 30.3. The number of carboxylic acids is 1. The first-order valence-electron chi connectivity index (χ1n) is 15.2. The van der Waals surface area contributed by atoms with E-state index in [2.05, 4.69) is 36.9 Å². The van der Waals surface area contributed by atoms with Crippen LogP contribution in [-0.2, 0) is 20.8 Å². The van der Waals surface area contributed by atoms with Crippen molar-refractivity contribution in [1.29, 1.82) is 0 Å². The Morgan fingerprint density at radius 1 is 1.10 bits per heavy atom. The zero-order valence-corrected chi connectivity index (χ0v) is 24.6. The molecule has 1 aromatic carbocycles. The van der Waals surface area contributed by atoms with Crippen molar-refractivity contribution in [3.63, 3.8) is 0 Å². The van der Waals surface area contributed by atoms with Crippen LogP contribution in [0.5, 0.6) is 5.75 Å². The van der Waals surface area contributed by atoms with Gasteiger partial charge >= 0.3 is 5.97 Å². The Labute approximate surface area is 239 Å². The van der Waals surface area contributed by atoms with Crippen LogP contribution in [0.2, 0.25) is 0 Å². The molecule has 4 rings (SSSR count). The third-order valence-corrected chi connectivity index (χ3v) is 8.80. The number of ether oxygens (including phenoxy) is 1. The lowest BCUT2D eigenvalue weighted by molar-refractivity contribution is -0.144. The number of nitrogens with zero attached hydrogens (tertiary/aromatic N) is 4. The standard InChI is InChI=1S/C31H48N4O5/c1-4-5-15-33(16-7-6-14-32(2)3)29(37)22-35-21-25(23-10-11-27-24(20-23)13-19-40-27)30(31(38)39)26(35)12-18-34-17-8-9-28(34)36/h10-11,20,25-26,30H,4-9,12-19,21-22H2,1-3H3,(H,38,39)/t25-,26-,30+/m1/s1. The van der Waals surface area contributed by atoms with E-state index in [1.165, 1.54) is 0 Å². The molecule has 1 aromatic rings. The first-order chi connectivity index (χ1) is 19.3. The number of likely N-dealkylation sites (tertiary alicyclic amines) is 2. The predicted molar refractivity (Wildman–Crippen MR) is 155 cm³/mol. The van der Waals surface area contributed by atoms with Crippen molar-refractivity contribution in [1.82, 2.24) is 19.6 Å². The number of rotatable bonds is 15. The van der Waals surface area contributed by atoms with E-state index in [0.29, 0.717) is 32.5 Å². The van der Waals surface area contributed by atoms with Gasteiger partial charge in [0.25, 0.3) is 0 Å². The van der Waals surface area contributed by atoms with Crippen LogP contribution in [-0.4, -0.2) is 115 Å². The Hall–Kier alpha value is -2.65. The van der Waals surface area contributed by atoms with Gasteiger partial charge in [0.1, 0.15) is 5.75 Å². The summed E-state index contributed by atoms with van der Waals surface area (Å²) in [5.41, 5.74) is 2.12. The second kappa shape index (κ2) is 14.3. The van der Waals surface area contributed by atoms with E-state index >= 15 is 0 Å². The Bertz CT molecular complexity index is 1030. The summed E-state index contributed by atoms with van der Waals surface area (Å²) in [4.78, 5) is 46.9. The van der Waals surface area contributed by atoms with E-state index in [-0.39, 0.29) is 30.3 Å². The fraction of sp³-hybridized carbons (Fsp3) is 0.710. The number of carbonyl (C=O) groups is 3. The van der Waals surface area contributed by atoms with Gasteiger partial charge in [0.05, 0.1) is 19.1 Å². The molecule has 0 saturated carbocycles. The maximum absolute atomic E-state index is 13.7. The highest BCUT2D eigenvalue weighted by atomic mass is 16.5. The van der Waals surface area contributed by atoms with Gasteiger partial charge in [0.15, 0.2) is 0 Å². The molecule has 3 heterocycles. The van der Waals surface area contributed by atoms with Crippen molar-refractivity contribution in [3.8, 4) is 5.75 Å². The van der Waals surface area contributed by atoms with Gasteiger partial charge in [0.2, 0.25) is 11.8 Å². The third kappa shape index (κ3) is 7.55. The Morgan fingerprint density at radius 3 is 2.58 bits per heavy atom. The van der Waals surface area contributed by atoms with Gasteiger partial charge in [-0.15, -0.1) is 0 Å². The highest BCUT2D eigenvalue weighted by Crippen LogP contribution is 2.41. The minimum Gasteiger partial charge on any atom is -0.493 e. The van der Waals surface area contributed by atoms with Gasteiger partial charge < -0.3 is 24.5 Å². The van der Waals surface area contributed by atoms with E-state index < -0.39 is 11.9 Å². The average Bonchev–Trinajstić information content (AvgIpc) is 3.64. The number of fused-ring (bicyclic) bond motifs is 1. The van der Waals surface area contributed by atoms with Crippen molar-refractivity contribution >= 4 is 17.8 Å². The van der Waals surface area contributed by atoms with E-state index in [4.69, 9.17) is 4.74 Å². The van der Waals surface area contributed by atoms with Gasteiger partial charge in [-0.2, -0.15) is 0 Å². The second-order valence-electron chi connectivity index (χ2n) is 12.0. The molecule has 3 aliphatic heterocycles. The van der Waals surface area contributed by atoms with Gasteiger partial charge in [-0.25, -0.2) is 0 Å². The SMILES string of the molecule is CCCCN(CCCCN(C)C)C(=O)CN1C[C@H](c2ccc3c(c2)CCO3)[C@H](C(=O)O)[C@H]1CCN1CCCC1=O. The molecular weight excluding hydrogens is 508 g/mol. The smallest absolute Gasteiger partial charge is 0.308 e. The van der Waals surface area contributed by atoms with E-state index in [1.54, 1.807) is 0 Å². The number of hydrogen-bond acceptors (Lipinski definition) is 6.